The average Bonchev–Trinajstić information content (AvgIpc) is 3.07. The zero-order valence-electron chi connectivity index (χ0n) is 27.2. The lowest BCUT2D eigenvalue weighted by molar-refractivity contribution is -0.210. The number of hydrogen-bond donors (Lipinski definition) is 0. The first-order chi connectivity index (χ1) is 22.8. The molecule has 1 aliphatic rings. The molecule has 246 valence electrons. The van der Waals surface area contributed by atoms with Crippen molar-refractivity contribution in [2.75, 3.05) is 6.61 Å². The first kappa shape index (κ1) is 34.0. The molecule has 4 aromatic rings. The molecule has 0 saturated carbocycles. The predicted octanol–water partition coefficient (Wildman–Crippen LogP) is 7.11. The minimum atomic E-state index is -1.17. The second-order valence-electron chi connectivity index (χ2n) is 12.5. The van der Waals surface area contributed by atoms with Gasteiger partial charge in [0.25, 0.3) is 5.91 Å². The number of likely N-dealkylation sites (tertiary alicyclic amines) is 1. The summed E-state index contributed by atoms with van der Waals surface area (Å²) in [5.74, 6) is -0.568. The highest BCUT2D eigenvalue weighted by atomic mass is 16.6. The predicted molar refractivity (Wildman–Crippen MR) is 178 cm³/mol. The molecule has 1 aliphatic heterocycles. The molecule has 4 aromatic carbocycles. The summed E-state index contributed by atoms with van der Waals surface area (Å²) >= 11 is 0. The Balaban J connectivity index is 1.51. The highest BCUT2D eigenvalue weighted by Gasteiger charge is 2.54. The molecule has 0 unspecified atom stereocenters. The first-order valence-electron chi connectivity index (χ1n) is 15.9. The molecule has 0 aromatic heterocycles. The Morgan fingerprint density at radius 1 is 0.596 bits per heavy atom. The summed E-state index contributed by atoms with van der Waals surface area (Å²) in [6, 6.07) is 37.9. The fourth-order valence-electron chi connectivity index (χ4n) is 5.40. The van der Waals surface area contributed by atoms with Crippen molar-refractivity contribution in [1.82, 2.24) is 4.90 Å². The van der Waals surface area contributed by atoms with Crippen molar-refractivity contribution in [3.63, 3.8) is 0 Å². The van der Waals surface area contributed by atoms with Crippen LogP contribution in [-0.2, 0) is 54.9 Å². The van der Waals surface area contributed by atoms with Crippen molar-refractivity contribution >= 4 is 12.0 Å². The monoisotopic (exact) mass is 637 g/mol. The van der Waals surface area contributed by atoms with Crippen LogP contribution in [0.15, 0.2) is 121 Å². The number of amides is 2. The molecule has 1 heterocycles. The van der Waals surface area contributed by atoms with Gasteiger partial charge in [0.1, 0.15) is 17.8 Å². The van der Waals surface area contributed by atoms with Gasteiger partial charge in [-0.15, -0.1) is 0 Å². The maximum Gasteiger partial charge on any atom is 0.417 e. The van der Waals surface area contributed by atoms with Crippen LogP contribution >= 0.6 is 0 Å². The molecule has 0 aliphatic carbocycles. The third-order valence-electron chi connectivity index (χ3n) is 7.65. The number of hydrogen-bond acceptors (Lipinski definition) is 7. The summed E-state index contributed by atoms with van der Waals surface area (Å²) in [6.45, 7) is 6.12. The molecule has 0 radical (unpaired) electrons. The van der Waals surface area contributed by atoms with Crippen LogP contribution in [0.5, 0.6) is 0 Å². The largest absolute Gasteiger partial charge is 0.443 e. The average molecular weight is 638 g/mol. The molecule has 8 nitrogen and oxygen atoms in total. The van der Waals surface area contributed by atoms with Crippen LogP contribution in [-0.4, -0.2) is 53.5 Å². The van der Waals surface area contributed by atoms with E-state index in [0.29, 0.717) is 0 Å². The van der Waals surface area contributed by atoms with Crippen molar-refractivity contribution in [3.05, 3.63) is 144 Å². The maximum atomic E-state index is 14.5. The molecule has 0 spiro atoms. The highest BCUT2D eigenvalue weighted by molar-refractivity contribution is 5.96. The van der Waals surface area contributed by atoms with Gasteiger partial charge < -0.3 is 23.7 Å². The molecule has 1 fully saturated rings. The van der Waals surface area contributed by atoms with Gasteiger partial charge in [0.05, 0.1) is 39.1 Å². The van der Waals surface area contributed by atoms with Crippen molar-refractivity contribution < 1.29 is 33.3 Å². The lowest BCUT2D eigenvalue weighted by Gasteiger charge is -2.46. The van der Waals surface area contributed by atoms with Crippen molar-refractivity contribution in [1.29, 1.82) is 0 Å². The van der Waals surface area contributed by atoms with Crippen molar-refractivity contribution in [2.45, 2.75) is 77.2 Å². The summed E-state index contributed by atoms with van der Waals surface area (Å²) < 4.78 is 31.5. The number of imide groups is 1. The lowest BCUT2D eigenvalue weighted by atomic mass is 9.92. The first-order valence-corrected chi connectivity index (χ1v) is 15.9. The molecular weight excluding hydrogens is 594 g/mol. The number of benzene rings is 4. The molecule has 0 N–H and O–H groups in total. The summed E-state index contributed by atoms with van der Waals surface area (Å²) in [4.78, 5) is 29.5. The minimum Gasteiger partial charge on any atom is -0.443 e. The van der Waals surface area contributed by atoms with Crippen LogP contribution in [0.1, 0.15) is 43.0 Å². The number of carbonyl (C=O) groups excluding carboxylic acids is 2. The number of rotatable bonds is 13. The Morgan fingerprint density at radius 3 is 1.45 bits per heavy atom. The molecule has 0 bridgehead atoms. The topological polar surface area (TPSA) is 83.5 Å². The third kappa shape index (κ3) is 9.83. The van der Waals surface area contributed by atoms with Crippen LogP contribution in [0.4, 0.5) is 4.79 Å². The number of ether oxygens (including phenoxy) is 5. The summed E-state index contributed by atoms with van der Waals surface area (Å²) in [6.07, 6.45) is -3.66. The molecule has 1 saturated heterocycles. The van der Waals surface area contributed by atoms with Crippen molar-refractivity contribution in [2.24, 2.45) is 0 Å². The van der Waals surface area contributed by atoms with E-state index in [9.17, 15) is 9.59 Å². The maximum absolute atomic E-state index is 14.5. The molecule has 2 amide bonds. The smallest absolute Gasteiger partial charge is 0.417 e. The van der Waals surface area contributed by atoms with E-state index in [1.807, 2.05) is 121 Å². The van der Waals surface area contributed by atoms with E-state index in [0.717, 1.165) is 27.2 Å². The van der Waals surface area contributed by atoms with Crippen molar-refractivity contribution in [3.8, 4) is 0 Å². The molecule has 8 heteroatoms. The number of nitrogens with zero attached hydrogens (tertiary/aromatic N) is 1. The van der Waals surface area contributed by atoms with Gasteiger partial charge in [0.15, 0.2) is 6.10 Å². The van der Waals surface area contributed by atoms with Gasteiger partial charge in [-0.3, -0.25) is 4.79 Å². The van der Waals surface area contributed by atoms with E-state index in [1.165, 1.54) is 0 Å². The molecule has 5 rings (SSSR count). The van der Waals surface area contributed by atoms with Gasteiger partial charge in [-0.2, -0.15) is 0 Å². The van der Waals surface area contributed by atoms with E-state index >= 15 is 0 Å². The fraction of sp³-hybridized carbons (Fsp3) is 0.333. The van der Waals surface area contributed by atoms with E-state index in [4.69, 9.17) is 23.7 Å². The Hall–Kier alpha value is -4.34. The second-order valence-corrected chi connectivity index (χ2v) is 12.5. The van der Waals surface area contributed by atoms with Gasteiger partial charge in [-0.25, -0.2) is 9.69 Å². The van der Waals surface area contributed by atoms with Crippen LogP contribution in [0.25, 0.3) is 0 Å². The number of piperidine rings is 1. The normalized spacial score (nSPS) is 19.8. The van der Waals surface area contributed by atoms with Gasteiger partial charge in [-0.05, 0) is 43.0 Å². The second kappa shape index (κ2) is 16.5. The fourth-order valence-corrected chi connectivity index (χ4v) is 5.40. The summed E-state index contributed by atoms with van der Waals surface area (Å²) in [5, 5.41) is 0. The van der Waals surface area contributed by atoms with Crippen LogP contribution in [0, 0.1) is 0 Å². The Kier molecular flexibility index (Phi) is 11.9. The van der Waals surface area contributed by atoms with Crippen LogP contribution in [0.2, 0.25) is 0 Å². The Labute approximate surface area is 277 Å². The van der Waals surface area contributed by atoms with Gasteiger partial charge in [0, 0.05) is 0 Å². The quantitative estimate of drug-likeness (QED) is 0.155. The number of carbonyl (C=O) groups is 2. The van der Waals surface area contributed by atoms with Crippen LogP contribution < -0.4 is 0 Å². The van der Waals surface area contributed by atoms with E-state index in [-0.39, 0.29) is 33.0 Å². The lowest BCUT2D eigenvalue weighted by Crippen LogP contribution is -2.68. The molecule has 4 atom stereocenters. The van der Waals surface area contributed by atoms with Gasteiger partial charge in [-0.1, -0.05) is 121 Å². The zero-order chi connectivity index (χ0) is 33.1. The Morgan fingerprint density at radius 2 is 1.00 bits per heavy atom. The van der Waals surface area contributed by atoms with E-state index in [2.05, 4.69) is 0 Å². The SMILES string of the molecule is CC(C)(C)OC(=O)N1C(=O)[C@H](OCc2ccccc2)[C@@H](OCc2ccccc2)[C@H](OCc2ccccc2)[C@H]1COCc1ccccc1. The minimum absolute atomic E-state index is 0.00403. The van der Waals surface area contributed by atoms with Crippen LogP contribution in [0.3, 0.4) is 0 Å². The zero-order valence-corrected chi connectivity index (χ0v) is 27.2. The van der Waals surface area contributed by atoms with E-state index in [1.54, 1.807) is 20.8 Å². The summed E-state index contributed by atoms with van der Waals surface area (Å²) in [7, 11) is 0. The molecule has 47 heavy (non-hydrogen) atoms. The highest BCUT2D eigenvalue weighted by Crippen LogP contribution is 2.31. The third-order valence-corrected chi connectivity index (χ3v) is 7.65. The standard InChI is InChI=1S/C39H43NO7/c1-39(2,3)47-38(42)40-33(28-43-24-29-16-8-4-9-17-29)34(44-25-30-18-10-5-11-19-30)35(45-26-31-20-12-6-13-21-31)36(37(40)41)46-27-32-22-14-7-15-23-32/h4-23,33-36H,24-28H2,1-3H3/t33-,34-,35+,36-/m1/s1. The van der Waals surface area contributed by atoms with Gasteiger partial charge >= 0.3 is 6.09 Å². The van der Waals surface area contributed by atoms with E-state index < -0.39 is 42.0 Å². The van der Waals surface area contributed by atoms with Gasteiger partial charge in [0.2, 0.25) is 0 Å². The summed E-state index contributed by atoms with van der Waals surface area (Å²) in [5.41, 5.74) is 2.84. The Bertz CT molecular complexity index is 1530. The molecular formula is C39H43NO7.